The first kappa shape index (κ1) is 9.93. The summed E-state index contributed by atoms with van der Waals surface area (Å²) in [6.07, 6.45) is -4.40. The fourth-order valence-electron chi connectivity index (χ4n) is 1.22. The van der Waals surface area contributed by atoms with Gasteiger partial charge in [-0.05, 0) is 12.1 Å². The van der Waals surface area contributed by atoms with Gasteiger partial charge in [-0.15, -0.1) is 11.3 Å². The van der Waals surface area contributed by atoms with E-state index in [0.717, 1.165) is 17.4 Å². The van der Waals surface area contributed by atoms with Crippen molar-refractivity contribution in [1.29, 1.82) is 5.26 Å². The van der Waals surface area contributed by atoms with Gasteiger partial charge in [-0.2, -0.15) is 18.4 Å². The van der Waals surface area contributed by atoms with E-state index in [1.165, 1.54) is 12.1 Å². The van der Waals surface area contributed by atoms with Crippen molar-refractivity contribution >= 4 is 21.6 Å². The maximum atomic E-state index is 12.5. The van der Waals surface area contributed by atoms with Crippen LogP contribution in [0.3, 0.4) is 0 Å². The average molecular weight is 228 g/mol. The van der Waals surface area contributed by atoms with Gasteiger partial charge in [0.15, 0.2) is 5.01 Å². The number of aromatic nitrogens is 1. The second-order valence-electron chi connectivity index (χ2n) is 2.78. The predicted molar refractivity (Wildman–Crippen MR) is 49.3 cm³/mol. The topological polar surface area (TPSA) is 36.7 Å². The molecule has 0 N–H and O–H groups in total. The summed E-state index contributed by atoms with van der Waals surface area (Å²) in [5.74, 6) is 0. The fourth-order valence-corrected chi connectivity index (χ4v) is 2.12. The Hall–Kier alpha value is -1.61. The van der Waals surface area contributed by atoms with Crippen LogP contribution in [-0.2, 0) is 6.18 Å². The molecule has 1 aromatic carbocycles. The molecule has 0 atom stereocenters. The van der Waals surface area contributed by atoms with Crippen molar-refractivity contribution in [2.75, 3.05) is 0 Å². The van der Waals surface area contributed by atoms with Crippen LogP contribution in [-0.4, -0.2) is 4.98 Å². The molecule has 0 saturated heterocycles. The summed E-state index contributed by atoms with van der Waals surface area (Å²) in [6, 6.07) is 5.47. The molecule has 0 fully saturated rings. The highest BCUT2D eigenvalue weighted by atomic mass is 32.1. The lowest BCUT2D eigenvalue weighted by atomic mass is 10.2. The molecule has 76 valence electrons. The van der Waals surface area contributed by atoms with Gasteiger partial charge in [0, 0.05) is 0 Å². The minimum atomic E-state index is -4.40. The van der Waals surface area contributed by atoms with Crippen molar-refractivity contribution < 1.29 is 13.2 Å². The Morgan fingerprint density at radius 1 is 1.33 bits per heavy atom. The lowest BCUT2D eigenvalue weighted by Gasteiger charge is -2.05. The zero-order valence-corrected chi connectivity index (χ0v) is 7.99. The van der Waals surface area contributed by atoms with Gasteiger partial charge < -0.3 is 0 Å². The van der Waals surface area contributed by atoms with Crippen molar-refractivity contribution in [2.24, 2.45) is 0 Å². The van der Waals surface area contributed by atoms with Gasteiger partial charge >= 0.3 is 6.18 Å². The number of benzene rings is 1. The van der Waals surface area contributed by atoms with E-state index in [-0.39, 0.29) is 15.2 Å². The number of hydrogen-bond acceptors (Lipinski definition) is 3. The maximum absolute atomic E-state index is 12.5. The first-order valence-corrected chi connectivity index (χ1v) is 4.71. The summed E-state index contributed by atoms with van der Waals surface area (Å²) in [4.78, 5) is 3.76. The zero-order chi connectivity index (χ0) is 11.1. The van der Waals surface area contributed by atoms with Crippen LogP contribution in [0.1, 0.15) is 10.6 Å². The molecule has 0 saturated carbocycles. The Labute approximate surface area is 86.6 Å². The third-order valence-corrected chi connectivity index (χ3v) is 2.83. The number of fused-ring (bicyclic) bond motifs is 1. The zero-order valence-electron chi connectivity index (χ0n) is 7.17. The third kappa shape index (κ3) is 1.66. The quantitative estimate of drug-likeness (QED) is 0.694. The van der Waals surface area contributed by atoms with E-state index >= 15 is 0 Å². The summed E-state index contributed by atoms with van der Waals surface area (Å²) in [7, 11) is 0. The molecule has 0 unspecified atom stereocenters. The van der Waals surface area contributed by atoms with Crippen LogP contribution < -0.4 is 0 Å². The highest BCUT2D eigenvalue weighted by Gasteiger charge is 2.33. The van der Waals surface area contributed by atoms with Gasteiger partial charge in [-0.3, -0.25) is 0 Å². The average Bonchev–Trinajstić information content (AvgIpc) is 2.57. The minimum absolute atomic E-state index is 0.0153. The van der Waals surface area contributed by atoms with E-state index in [9.17, 15) is 13.2 Å². The van der Waals surface area contributed by atoms with E-state index in [2.05, 4.69) is 4.98 Å². The Bertz CT molecular complexity index is 550. The molecule has 15 heavy (non-hydrogen) atoms. The van der Waals surface area contributed by atoms with Crippen molar-refractivity contribution in [3.05, 3.63) is 28.8 Å². The normalized spacial score (nSPS) is 11.6. The smallest absolute Gasteiger partial charge is 0.226 e. The van der Waals surface area contributed by atoms with Crippen LogP contribution in [0.5, 0.6) is 0 Å². The molecule has 1 heterocycles. The number of hydrogen-bond donors (Lipinski definition) is 0. The Kier molecular flexibility index (Phi) is 2.12. The van der Waals surface area contributed by atoms with Gasteiger partial charge in [0.05, 0.1) is 15.8 Å². The number of halogens is 3. The van der Waals surface area contributed by atoms with Crippen molar-refractivity contribution in [2.45, 2.75) is 6.18 Å². The summed E-state index contributed by atoms with van der Waals surface area (Å²) >= 11 is 0.759. The molecule has 2 rings (SSSR count). The van der Waals surface area contributed by atoms with Crippen molar-refractivity contribution in [3.8, 4) is 6.07 Å². The molecular weight excluding hydrogens is 225 g/mol. The van der Waals surface area contributed by atoms with Gasteiger partial charge in [-0.1, -0.05) is 6.07 Å². The minimum Gasteiger partial charge on any atom is -0.226 e. The monoisotopic (exact) mass is 228 g/mol. The van der Waals surface area contributed by atoms with Crippen LogP contribution >= 0.6 is 11.3 Å². The summed E-state index contributed by atoms with van der Waals surface area (Å²) in [5.41, 5.74) is -0.523. The number of rotatable bonds is 0. The van der Waals surface area contributed by atoms with Gasteiger partial charge in [0.2, 0.25) is 0 Å². The number of nitrogens with zero attached hydrogens (tertiary/aromatic N) is 2. The van der Waals surface area contributed by atoms with Crippen LogP contribution in [0.4, 0.5) is 13.2 Å². The van der Waals surface area contributed by atoms with Crippen LogP contribution in [0, 0.1) is 11.3 Å². The summed E-state index contributed by atoms with van der Waals surface area (Å²) in [5, 5.41) is 8.59. The Morgan fingerprint density at radius 2 is 2.07 bits per heavy atom. The molecule has 0 bridgehead atoms. The van der Waals surface area contributed by atoms with E-state index in [1.54, 1.807) is 6.07 Å². The van der Waals surface area contributed by atoms with E-state index in [4.69, 9.17) is 5.26 Å². The molecule has 2 aromatic rings. The molecule has 0 amide bonds. The maximum Gasteiger partial charge on any atom is 0.417 e. The molecule has 0 radical (unpaired) electrons. The Morgan fingerprint density at radius 3 is 2.67 bits per heavy atom. The van der Waals surface area contributed by atoms with Crippen molar-refractivity contribution in [3.63, 3.8) is 0 Å². The summed E-state index contributed by atoms with van der Waals surface area (Å²) in [6.45, 7) is 0. The number of thiazole rings is 1. The second-order valence-corrected chi connectivity index (χ2v) is 3.78. The van der Waals surface area contributed by atoms with E-state index in [1.807, 2.05) is 0 Å². The number of alkyl halides is 3. The molecular formula is C9H3F3N2S. The lowest BCUT2D eigenvalue weighted by molar-refractivity contribution is -0.136. The lowest BCUT2D eigenvalue weighted by Crippen LogP contribution is -2.04. The molecule has 0 aliphatic carbocycles. The highest BCUT2D eigenvalue weighted by molar-refractivity contribution is 7.19. The van der Waals surface area contributed by atoms with Gasteiger partial charge in [-0.25, -0.2) is 4.98 Å². The summed E-state index contributed by atoms with van der Waals surface area (Å²) < 4.78 is 37.6. The second kappa shape index (κ2) is 3.21. The number of nitriles is 1. The van der Waals surface area contributed by atoms with Crippen LogP contribution in [0.25, 0.3) is 10.2 Å². The molecule has 0 aliphatic rings. The first-order chi connectivity index (χ1) is 7.02. The standard InChI is InChI=1S/C9H3F3N2S/c10-9(11,12)5-2-1-3-6-8(5)15-7(4-13)14-6/h1-3H. The Balaban J connectivity index is 2.77. The third-order valence-electron chi connectivity index (χ3n) is 1.82. The molecule has 2 nitrogen and oxygen atoms in total. The van der Waals surface area contributed by atoms with Crippen LogP contribution in [0.2, 0.25) is 0 Å². The molecule has 0 spiro atoms. The molecule has 6 heteroatoms. The predicted octanol–water partition coefficient (Wildman–Crippen LogP) is 3.19. The molecule has 1 aromatic heterocycles. The van der Waals surface area contributed by atoms with Gasteiger partial charge in [0.25, 0.3) is 0 Å². The van der Waals surface area contributed by atoms with Crippen LogP contribution in [0.15, 0.2) is 18.2 Å². The van der Waals surface area contributed by atoms with Crippen molar-refractivity contribution in [1.82, 2.24) is 4.98 Å². The fraction of sp³-hybridized carbons (Fsp3) is 0.111. The largest absolute Gasteiger partial charge is 0.417 e. The molecule has 0 aliphatic heterocycles. The van der Waals surface area contributed by atoms with Gasteiger partial charge in [0.1, 0.15) is 6.07 Å². The SMILES string of the molecule is N#Cc1nc2cccc(C(F)(F)F)c2s1. The first-order valence-electron chi connectivity index (χ1n) is 3.89. The van der Waals surface area contributed by atoms with E-state index in [0.29, 0.717) is 0 Å². The highest BCUT2D eigenvalue weighted by Crippen LogP contribution is 2.37. The van der Waals surface area contributed by atoms with E-state index < -0.39 is 11.7 Å².